The van der Waals surface area contributed by atoms with Crippen LogP contribution in [-0.2, 0) is 6.61 Å². The zero-order valence-electron chi connectivity index (χ0n) is 9.97. The molecule has 0 aromatic carbocycles. The summed E-state index contributed by atoms with van der Waals surface area (Å²) in [5.41, 5.74) is 8.66. The second-order valence-corrected chi connectivity index (χ2v) is 3.89. The van der Waals surface area contributed by atoms with Gasteiger partial charge < -0.3 is 10.5 Å². The van der Waals surface area contributed by atoms with Crippen LogP contribution in [0.2, 0.25) is 0 Å². The van der Waals surface area contributed by atoms with Gasteiger partial charge in [0.15, 0.2) is 11.6 Å². The molecule has 0 spiro atoms. The summed E-state index contributed by atoms with van der Waals surface area (Å²) < 4.78 is 5.61. The Morgan fingerprint density at radius 2 is 2.06 bits per heavy atom. The minimum absolute atomic E-state index is 0.404. The van der Waals surface area contributed by atoms with Gasteiger partial charge in [-0.25, -0.2) is 4.98 Å². The van der Waals surface area contributed by atoms with Gasteiger partial charge in [0.05, 0.1) is 5.69 Å². The number of nitrogens with two attached hydrogens (primary N) is 1. The maximum atomic E-state index is 5.77. The van der Waals surface area contributed by atoms with E-state index in [-0.39, 0.29) is 0 Å². The first-order valence-electron chi connectivity index (χ1n) is 5.43. The maximum absolute atomic E-state index is 5.77. The smallest absolute Gasteiger partial charge is 0.166 e. The fourth-order valence-corrected chi connectivity index (χ4v) is 1.50. The Kier molecular flexibility index (Phi) is 3.23. The van der Waals surface area contributed by atoms with Gasteiger partial charge in [-0.2, -0.15) is 0 Å². The molecule has 0 amide bonds. The molecule has 2 aromatic heterocycles. The standard InChI is InChI=1S/C13H15N3O/c1-9-4-3-7-15-11(9)8-17-12-6-5-10(2)16-13(12)14/h3-7H,8H2,1-2H3,(H2,14,16). The zero-order chi connectivity index (χ0) is 12.3. The Morgan fingerprint density at radius 3 is 2.76 bits per heavy atom. The van der Waals surface area contributed by atoms with Crippen molar-refractivity contribution < 1.29 is 4.74 Å². The van der Waals surface area contributed by atoms with Crippen molar-refractivity contribution in [1.82, 2.24) is 9.97 Å². The van der Waals surface area contributed by atoms with Crippen molar-refractivity contribution in [3.05, 3.63) is 47.4 Å². The second-order valence-electron chi connectivity index (χ2n) is 3.89. The van der Waals surface area contributed by atoms with Crippen LogP contribution in [0, 0.1) is 13.8 Å². The Labute approximate surface area is 100 Å². The van der Waals surface area contributed by atoms with Gasteiger partial charge in [-0.1, -0.05) is 6.07 Å². The lowest BCUT2D eigenvalue weighted by atomic mass is 10.2. The minimum atomic E-state index is 0.404. The third kappa shape index (κ3) is 2.72. The number of pyridine rings is 2. The SMILES string of the molecule is Cc1ccc(OCc2ncccc2C)c(N)n1. The van der Waals surface area contributed by atoms with Crippen LogP contribution in [0.15, 0.2) is 30.5 Å². The molecular formula is C13H15N3O. The number of hydrogen-bond donors (Lipinski definition) is 1. The van der Waals surface area contributed by atoms with Crippen molar-refractivity contribution in [1.29, 1.82) is 0 Å². The van der Waals surface area contributed by atoms with E-state index in [1.165, 1.54) is 0 Å². The summed E-state index contributed by atoms with van der Waals surface area (Å²) in [5, 5.41) is 0. The first-order chi connectivity index (χ1) is 8.16. The maximum Gasteiger partial charge on any atom is 0.166 e. The minimum Gasteiger partial charge on any atom is -0.483 e. The molecule has 0 saturated carbocycles. The van der Waals surface area contributed by atoms with Gasteiger partial charge in [0.1, 0.15) is 6.61 Å². The van der Waals surface area contributed by atoms with E-state index in [1.54, 1.807) is 6.20 Å². The Hall–Kier alpha value is -2.10. The third-order valence-corrected chi connectivity index (χ3v) is 2.51. The van der Waals surface area contributed by atoms with Crippen molar-refractivity contribution in [2.75, 3.05) is 5.73 Å². The number of rotatable bonds is 3. The number of hydrogen-bond acceptors (Lipinski definition) is 4. The summed E-state index contributed by atoms with van der Waals surface area (Å²) in [6.07, 6.45) is 1.75. The van der Waals surface area contributed by atoms with Crippen molar-refractivity contribution in [3.8, 4) is 5.75 Å². The van der Waals surface area contributed by atoms with Crippen LogP contribution in [0.25, 0.3) is 0 Å². The molecule has 0 radical (unpaired) electrons. The van der Waals surface area contributed by atoms with Gasteiger partial charge in [0, 0.05) is 11.9 Å². The molecule has 0 bridgehead atoms. The zero-order valence-corrected chi connectivity index (χ0v) is 9.97. The topological polar surface area (TPSA) is 61.0 Å². The monoisotopic (exact) mass is 229 g/mol. The molecule has 2 rings (SSSR count). The largest absolute Gasteiger partial charge is 0.483 e. The van der Waals surface area contributed by atoms with E-state index in [9.17, 15) is 0 Å². The normalized spacial score (nSPS) is 10.2. The van der Waals surface area contributed by atoms with E-state index in [2.05, 4.69) is 9.97 Å². The molecule has 88 valence electrons. The van der Waals surface area contributed by atoms with Gasteiger partial charge in [-0.3, -0.25) is 4.98 Å². The van der Waals surface area contributed by atoms with Crippen LogP contribution in [0.5, 0.6) is 5.75 Å². The summed E-state index contributed by atoms with van der Waals surface area (Å²) in [6.45, 7) is 4.30. The van der Waals surface area contributed by atoms with Crippen molar-refractivity contribution in [2.24, 2.45) is 0 Å². The predicted octanol–water partition coefficient (Wildman–Crippen LogP) is 2.25. The molecule has 17 heavy (non-hydrogen) atoms. The summed E-state index contributed by atoms with van der Waals surface area (Å²) in [7, 11) is 0. The first-order valence-corrected chi connectivity index (χ1v) is 5.43. The van der Waals surface area contributed by atoms with Gasteiger partial charge in [0.25, 0.3) is 0 Å². The van der Waals surface area contributed by atoms with Gasteiger partial charge in [0.2, 0.25) is 0 Å². The van der Waals surface area contributed by atoms with E-state index in [4.69, 9.17) is 10.5 Å². The van der Waals surface area contributed by atoms with E-state index >= 15 is 0 Å². The third-order valence-electron chi connectivity index (χ3n) is 2.51. The second kappa shape index (κ2) is 4.82. The lowest BCUT2D eigenvalue weighted by molar-refractivity contribution is 0.301. The number of anilines is 1. The number of nitrogen functional groups attached to an aromatic ring is 1. The summed E-state index contributed by atoms with van der Waals surface area (Å²) >= 11 is 0. The highest BCUT2D eigenvalue weighted by Crippen LogP contribution is 2.20. The lowest BCUT2D eigenvalue weighted by Crippen LogP contribution is -2.03. The molecule has 0 aliphatic heterocycles. The molecule has 4 heteroatoms. The van der Waals surface area contributed by atoms with E-state index in [0.717, 1.165) is 17.0 Å². The van der Waals surface area contributed by atoms with Crippen LogP contribution in [0.4, 0.5) is 5.82 Å². The fourth-order valence-electron chi connectivity index (χ4n) is 1.50. The Balaban J connectivity index is 2.10. The first kappa shape index (κ1) is 11.4. The van der Waals surface area contributed by atoms with E-state index in [1.807, 2.05) is 38.1 Å². The molecule has 0 aliphatic rings. The molecule has 0 saturated heterocycles. The van der Waals surface area contributed by atoms with Crippen LogP contribution in [-0.4, -0.2) is 9.97 Å². The number of ether oxygens (including phenoxy) is 1. The van der Waals surface area contributed by atoms with E-state index in [0.29, 0.717) is 18.2 Å². The van der Waals surface area contributed by atoms with Crippen LogP contribution in [0.3, 0.4) is 0 Å². The van der Waals surface area contributed by atoms with Gasteiger partial charge in [-0.05, 0) is 37.6 Å². The van der Waals surface area contributed by atoms with Gasteiger partial charge in [-0.15, -0.1) is 0 Å². The van der Waals surface area contributed by atoms with Crippen molar-refractivity contribution in [2.45, 2.75) is 20.5 Å². The summed E-state index contributed by atoms with van der Waals surface area (Å²) in [6, 6.07) is 7.61. The molecule has 0 aliphatic carbocycles. The average Bonchev–Trinajstić information content (AvgIpc) is 2.30. The predicted molar refractivity (Wildman–Crippen MR) is 66.7 cm³/mol. The van der Waals surface area contributed by atoms with E-state index < -0.39 is 0 Å². The Morgan fingerprint density at radius 1 is 1.24 bits per heavy atom. The highest BCUT2D eigenvalue weighted by Gasteiger charge is 2.04. The van der Waals surface area contributed by atoms with Crippen LogP contribution in [0.1, 0.15) is 17.0 Å². The average molecular weight is 229 g/mol. The molecular weight excluding hydrogens is 214 g/mol. The van der Waals surface area contributed by atoms with Crippen molar-refractivity contribution in [3.63, 3.8) is 0 Å². The van der Waals surface area contributed by atoms with Gasteiger partial charge >= 0.3 is 0 Å². The fraction of sp³-hybridized carbons (Fsp3) is 0.231. The Bertz CT molecular complexity index is 526. The quantitative estimate of drug-likeness (QED) is 0.876. The summed E-state index contributed by atoms with van der Waals surface area (Å²) in [4.78, 5) is 8.39. The number of aryl methyl sites for hydroxylation is 2. The molecule has 0 unspecified atom stereocenters. The lowest BCUT2D eigenvalue weighted by Gasteiger charge is -2.09. The summed E-state index contributed by atoms with van der Waals surface area (Å²) in [5.74, 6) is 1.01. The number of aromatic nitrogens is 2. The van der Waals surface area contributed by atoms with Crippen molar-refractivity contribution >= 4 is 5.82 Å². The molecule has 4 nitrogen and oxygen atoms in total. The molecule has 2 heterocycles. The molecule has 2 N–H and O–H groups in total. The molecule has 0 atom stereocenters. The molecule has 0 fully saturated rings. The molecule has 2 aromatic rings. The highest BCUT2D eigenvalue weighted by atomic mass is 16.5. The highest BCUT2D eigenvalue weighted by molar-refractivity contribution is 5.46. The van der Waals surface area contributed by atoms with Crippen LogP contribution >= 0.6 is 0 Å². The van der Waals surface area contributed by atoms with Crippen LogP contribution < -0.4 is 10.5 Å². The number of nitrogens with zero attached hydrogens (tertiary/aromatic N) is 2.